The van der Waals surface area contributed by atoms with Crippen LogP contribution < -0.4 is 0 Å². The van der Waals surface area contributed by atoms with Crippen LogP contribution in [0.2, 0.25) is 0 Å². The number of carbonyl (C=O) groups is 1. The molecule has 0 aromatic heterocycles. The Balaban J connectivity index is 2.02. The minimum absolute atomic E-state index is 0.107. The third-order valence-electron chi connectivity index (χ3n) is 3.77. The molecule has 2 atom stereocenters. The normalized spacial score (nSPS) is 34.7. The molecule has 0 radical (unpaired) electrons. The molecule has 15 heavy (non-hydrogen) atoms. The maximum Gasteiger partial charge on any atom is 0.228 e. The number of β-amino-alcohol motifs (C(OH)–C–C–N with tert-alkyl or cyclic N) is 2. The van der Waals surface area contributed by atoms with Gasteiger partial charge < -0.3 is 15.1 Å². The molecule has 1 saturated heterocycles. The minimum Gasteiger partial charge on any atom is -0.388 e. The predicted octanol–water partition coefficient (Wildman–Crippen LogP) is 0.131. The van der Waals surface area contributed by atoms with Gasteiger partial charge in [-0.1, -0.05) is 19.8 Å². The van der Waals surface area contributed by atoms with Crippen molar-refractivity contribution in [2.24, 2.45) is 5.41 Å². The van der Waals surface area contributed by atoms with E-state index in [1.165, 1.54) is 0 Å². The summed E-state index contributed by atoms with van der Waals surface area (Å²) in [5, 5.41) is 18.8. The lowest BCUT2D eigenvalue weighted by Crippen LogP contribution is -2.40. The number of rotatable bonds is 1. The van der Waals surface area contributed by atoms with E-state index in [1.54, 1.807) is 4.90 Å². The van der Waals surface area contributed by atoms with Gasteiger partial charge >= 0.3 is 0 Å². The fraction of sp³-hybridized carbons (Fsp3) is 0.909. The quantitative estimate of drug-likeness (QED) is 0.651. The van der Waals surface area contributed by atoms with E-state index < -0.39 is 12.2 Å². The van der Waals surface area contributed by atoms with Crippen LogP contribution in [0.25, 0.3) is 0 Å². The Labute approximate surface area is 89.9 Å². The molecule has 4 nitrogen and oxygen atoms in total. The molecule has 0 aromatic rings. The van der Waals surface area contributed by atoms with Crippen molar-refractivity contribution in [3.63, 3.8) is 0 Å². The Bertz CT molecular complexity index is 251. The average Bonchev–Trinajstić information content (AvgIpc) is 2.75. The van der Waals surface area contributed by atoms with E-state index in [4.69, 9.17) is 0 Å². The number of amides is 1. The van der Waals surface area contributed by atoms with Crippen LogP contribution in [0.4, 0.5) is 0 Å². The zero-order chi connectivity index (χ0) is 11.1. The van der Waals surface area contributed by atoms with Gasteiger partial charge in [-0.15, -0.1) is 0 Å². The van der Waals surface area contributed by atoms with E-state index in [9.17, 15) is 15.0 Å². The molecule has 1 heterocycles. The monoisotopic (exact) mass is 213 g/mol. The first-order chi connectivity index (χ1) is 7.03. The molecule has 2 N–H and O–H groups in total. The second kappa shape index (κ2) is 3.76. The molecule has 1 aliphatic heterocycles. The smallest absolute Gasteiger partial charge is 0.228 e. The maximum atomic E-state index is 12.2. The second-order valence-electron chi connectivity index (χ2n) is 5.11. The van der Waals surface area contributed by atoms with Gasteiger partial charge in [0.25, 0.3) is 0 Å². The lowest BCUT2D eigenvalue weighted by Gasteiger charge is -2.28. The summed E-state index contributed by atoms with van der Waals surface area (Å²) >= 11 is 0. The van der Waals surface area contributed by atoms with E-state index in [0.717, 1.165) is 25.7 Å². The van der Waals surface area contributed by atoms with E-state index in [2.05, 4.69) is 0 Å². The molecule has 4 heteroatoms. The molecule has 1 saturated carbocycles. The van der Waals surface area contributed by atoms with E-state index in [1.807, 2.05) is 6.92 Å². The number of nitrogens with zero attached hydrogens (tertiary/aromatic N) is 1. The second-order valence-corrected chi connectivity index (χ2v) is 5.11. The van der Waals surface area contributed by atoms with Crippen LogP contribution in [0.5, 0.6) is 0 Å². The molecule has 86 valence electrons. The Morgan fingerprint density at radius 3 is 2.13 bits per heavy atom. The van der Waals surface area contributed by atoms with Crippen molar-refractivity contribution < 1.29 is 15.0 Å². The summed E-state index contributed by atoms with van der Waals surface area (Å²) in [7, 11) is 0. The van der Waals surface area contributed by atoms with Gasteiger partial charge in [0.05, 0.1) is 12.2 Å². The van der Waals surface area contributed by atoms with Crippen molar-refractivity contribution in [2.75, 3.05) is 13.1 Å². The standard InChI is InChI=1S/C11H19NO3/c1-11(4-2-3-5-11)10(15)12-6-8(13)9(14)7-12/h8-9,13-14H,2-7H2,1H3/t8-,9+. The van der Waals surface area contributed by atoms with Gasteiger partial charge in [0, 0.05) is 18.5 Å². The number of likely N-dealkylation sites (tertiary alicyclic amines) is 1. The zero-order valence-corrected chi connectivity index (χ0v) is 9.15. The number of aliphatic hydroxyl groups is 2. The molecule has 0 bridgehead atoms. The van der Waals surface area contributed by atoms with Crippen LogP contribution in [0.15, 0.2) is 0 Å². The minimum atomic E-state index is -0.765. The molecule has 2 rings (SSSR count). The fourth-order valence-electron chi connectivity index (χ4n) is 2.69. The molecule has 0 aromatic carbocycles. The predicted molar refractivity (Wildman–Crippen MR) is 55.2 cm³/mol. The van der Waals surface area contributed by atoms with Crippen LogP contribution in [0, 0.1) is 5.41 Å². The number of carbonyl (C=O) groups excluding carboxylic acids is 1. The first-order valence-corrected chi connectivity index (χ1v) is 5.68. The van der Waals surface area contributed by atoms with Gasteiger partial charge in [0.2, 0.25) is 5.91 Å². The highest BCUT2D eigenvalue weighted by Crippen LogP contribution is 2.39. The summed E-state index contributed by atoms with van der Waals surface area (Å²) in [6.07, 6.45) is 2.57. The Kier molecular flexibility index (Phi) is 2.73. The molecule has 1 aliphatic carbocycles. The Morgan fingerprint density at radius 2 is 1.67 bits per heavy atom. The Hall–Kier alpha value is -0.610. The maximum absolute atomic E-state index is 12.2. The number of hydrogen-bond acceptors (Lipinski definition) is 3. The van der Waals surface area contributed by atoms with Gasteiger partial charge in [-0.3, -0.25) is 4.79 Å². The van der Waals surface area contributed by atoms with E-state index in [-0.39, 0.29) is 24.4 Å². The highest BCUT2D eigenvalue weighted by molar-refractivity contribution is 5.83. The highest BCUT2D eigenvalue weighted by Gasteiger charge is 2.42. The topological polar surface area (TPSA) is 60.8 Å². The van der Waals surface area contributed by atoms with Crippen LogP contribution in [-0.4, -0.2) is 46.3 Å². The third kappa shape index (κ3) is 1.88. The van der Waals surface area contributed by atoms with Crippen molar-refractivity contribution in [3.8, 4) is 0 Å². The summed E-state index contributed by atoms with van der Waals surface area (Å²) < 4.78 is 0. The highest BCUT2D eigenvalue weighted by atomic mass is 16.3. The van der Waals surface area contributed by atoms with Crippen LogP contribution in [0.1, 0.15) is 32.6 Å². The summed E-state index contributed by atoms with van der Waals surface area (Å²) in [4.78, 5) is 13.8. The van der Waals surface area contributed by atoms with Gasteiger partial charge in [-0.2, -0.15) is 0 Å². The largest absolute Gasteiger partial charge is 0.388 e. The zero-order valence-electron chi connectivity index (χ0n) is 9.15. The summed E-state index contributed by atoms with van der Waals surface area (Å²) in [5.74, 6) is 0.107. The average molecular weight is 213 g/mol. The van der Waals surface area contributed by atoms with E-state index >= 15 is 0 Å². The number of hydrogen-bond donors (Lipinski definition) is 2. The molecular weight excluding hydrogens is 194 g/mol. The van der Waals surface area contributed by atoms with Crippen LogP contribution in [0.3, 0.4) is 0 Å². The molecule has 2 aliphatic rings. The fourth-order valence-corrected chi connectivity index (χ4v) is 2.69. The van der Waals surface area contributed by atoms with Crippen LogP contribution >= 0.6 is 0 Å². The number of aliphatic hydroxyl groups excluding tert-OH is 2. The molecule has 1 amide bonds. The van der Waals surface area contributed by atoms with Gasteiger partial charge in [0.15, 0.2) is 0 Å². The lowest BCUT2D eigenvalue weighted by molar-refractivity contribution is -0.140. The molecular formula is C11H19NO3. The van der Waals surface area contributed by atoms with Crippen LogP contribution in [-0.2, 0) is 4.79 Å². The van der Waals surface area contributed by atoms with Crippen molar-refractivity contribution in [2.45, 2.75) is 44.8 Å². The van der Waals surface area contributed by atoms with Gasteiger partial charge in [0.1, 0.15) is 0 Å². The van der Waals surface area contributed by atoms with Crippen molar-refractivity contribution in [1.29, 1.82) is 0 Å². The first-order valence-electron chi connectivity index (χ1n) is 5.68. The summed E-state index contributed by atoms with van der Waals surface area (Å²) in [6.45, 7) is 2.57. The molecule has 2 fully saturated rings. The lowest BCUT2D eigenvalue weighted by atomic mass is 9.87. The SMILES string of the molecule is CC1(C(=O)N2C[C@@H](O)[C@@H](O)C2)CCCC1. The Morgan fingerprint density at radius 1 is 1.20 bits per heavy atom. The summed E-state index contributed by atoms with van der Waals surface area (Å²) in [6, 6.07) is 0. The third-order valence-corrected chi connectivity index (χ3v) is 3.77. The van der Waals surface area contributed by atoms with Crippen molar-refractivity contribution in [3.05, 3.63) is 0 Å². The molecule has 0 unspecified atom stereocenters. The van der Waals surface area contributed by atoms with Gasteiger partial charge in [-0.25, -0.2) is 0 Å². The van der Waals surface area contributed by atoms with E-state index in [0.29, 0.717) is 0 Å². The summed E-state index contributed by atoms with van der Waals surface area (Å²) in [5.41, 5.74) is -0.246. The van der Waals surface area contributed by atoms with Crippen molar-refractivity contribution in [1.82, 2.24) is 4.90 Å². The molecule has 0 spiro atoms. The first kappa shape index (κ1) is 10.9. The van der Waals surface area contributed by atoms with Gasteiger partial charge in [-0.05, 0) is 12.8 Å². The van der Waals surface area contributed by atoms with Crippen molar-refractivity contribution >= 4 is 5.91 Å².